The van der Waals surface area contributed by atoms with Gasteiger partial charge in [0.2, 0.25) is 5.89 Å². The first-order chi connectivity index (χ1) is 13.6. The fourth-order valence-corrected chi connectivity index (χ4v) is 2.79. The van der Waals surface area contributed by atoms with Crippen LogP contribution in [0.1, 0.15) is 34.9 Å². The van der Waals surface area contributed by atoms with Gasteiger partial charge in [0.05, 0.1) is 17.8 Å². The zero-order valence-corrected chi connectivity index (χ0v) is 15.5. The van der Waals surface area contributed by atoms with E-state index in [2.05, 4.69) is 20.4 Å². The van der Waals surface area contributed by atoms with Gasteiger partial charge in [-0.2, -0.15) is 5.10 Å². The molecule has 0 aliphatic rings. The van der Waals surface area contributed by atoms with Crippen molar-refractivity contribution in [2.24, 2.45) is 7.05 Å². The zero-order chi connectivity index (χ0) is 19.5. The Morgan fingerprint density at radius 1 is 1.36 bits per heavy atom. The maximum absolute atomic E-state index is 12.4. The maximum Gasteiger partial charge on any atom is 0.273 e. The van der Waals surface area contributed by atoms with Gasteiger partial charge in [0.25, 0.3) is 5.91 Å². The Bertz CT molecular complexity index is 1120. The minimum absolute atomic E-state index is 0.122. The summed E-state index contributed by atoms with van der Waals surface area (Å²) in [5.74, 6) is 0.684. The number of oxazole rings is 1. The predicted molar refractivity (Wildman–Crippen MR) is 102 cm³/mol. The molecule has 28 heavy (non-hydrogen) atoms. The van der Waals surface area contributed by atoms with Crippen LogP contribution in [0.2, 0.25) is 0 Å². The molecule has 3 aromatic heterocycles. The van der Waals surface area contributed by atoms with Gasteiger partial charge in [-0.1, -0.05) is 6.07 Å². The summed E-state index contributed by atoms with van der Waals surface area (Å²) in [7, 11) is 1.83. The highest BCUT2D eigenvalue weighted by Crippen LogP contribution is 2.20. The largest absolute Gasteiger partial charge is 0.484 e. The number of hydrogen-bond donors (Lipinski definition) is 1. The summed E-state index contributed by atoms with van der Waals surface area (Å²) in [5.41, 5.74) is 2.01. The molecule has 1 N–H and O–H groups in total. The van der Waals surface area contributed by atoms with Crippen molar-refractivity contribution in [3.63, 3.8) is 0 Å². The van der Waals surface area contributed by atoms with E-state index in [-0.39, 0.29) is 24.2 Å². The van der Waals surface area contributed by atoms with Gasteiger partial charge in [0.15, 0.2) is 12.3 Å². The normalized spacial score (nSPS) is 12.1. The van der Waals surface area contributed by atoms with E-state index in [1.54, 1.807) is 17.1 Å². The SMILES string of the molecule is C[C@H](NC(=O)c1coc(COc2ccc3ncccc3c2)n1)c1cnn(C)c1. The predicted octanol–water partition coefficient (Wildman–Crippen LogP) is 3.03. The minimum atomic E-state index is -0.317. The van der Waals surface area contributed by atoms with Gasteiger partial charge in [-0.15, -0.1) is 0 Å². The van der Waals surface area contributed by atoms with E-state index in [1.807, 2.05) is 50.5 Å². The van der Waals surface area contributed by atoms with E-state index in [0.29, 0.717) is 11.6 Å². The van der Waals surface area contributed by atoms with E-state index in [0.717, 1.165) is 16.5 Å². The lowest BCUT2D eigenvalue weighted by Gasteiger charge is -2.10. The van der Waals surface area contributed by atoms with Gasteiger partial charge in [0, 0.05) is 30.4 Å². The number of benzene rings is 1. The molecule has 8 heteroatoms. The number of hydrogen-bond acceptors (Lipinski definition) is 6. The molecule has 0 saturated heterocycles. The van der Waals surface area contributed by atoms with Crippen molar-refractivity contribution in [2.45, 2.75) is 19.6 Å². The molecule has 142 valence electrons. The number of nitrogens with one attached hydrogen (secondary N) is 1. The molecular weight excluding hydrogens is 358 g/mol. The summed E-state index contributed by atoms with van der Waals surface area (Å²) < 4.78 is 12.8. The molecule has 0 radical (unpaired) electrons. The van der Waals surface area contributed by atoms with Gasteiger partial charge in [-0.05, 0) is 31.2 Å². The third-order valence-electron chi connectivity index (χ3n) is 4.29. The summed E-state index contributed by atoms with van der Waals surface area (Å²) in [5, 5.41) is 7.96. The smallest absolute Gasteiger partial charge is 0.273 e. The van der Waals surface area contributed by atoms with Gasteiger partial charge in [0.1, 0.15) is 12.0 Å². The third-order valence-corrected chi connectivity index (χ3v) is 4.29. The van der Waals surface area contributed by atoms with E-state index in [1.165, 1.54) is 6.26 Å². The number of nitrogens with zero attached hydrogens (tertiary/aromatic N) is 4. The van der Waals surface area contributed by atoms with Gasteiger partial charge >= 0.3 is 0 Å². The number of pyridine rings is 1. The van der Waals surface area contributed by atoms with E-state index < -0.39 is 0 Å². The molecule has 1 amide bonds. The monoisotopic (exact) mass is 377 g/mol. The first kappa shape index (κ1) is 17.7. The molecule has 0 aliphatic carbocycles. The standard InChI is InChI=1S/C20H19N5O3/c1-13(15-9-22-25(2)10-15)23-20(26)18-11-28-19(24-18)12-27-16-5-6-17-14(8-16)4-3-7-21-17/h3-11,13H,12H2,1-2H3,(H,23,26)/t13-/m0/s1. The van der Waals surface area contributed by atoms with Crippen molar-refractivity contribution in [1.82, 2.24) is 25.1 Å². The van der Waals surface area contributed by atoms with Gasteiger partial charge in [-0.3, -0.25) is 14.5 Å². The number of amides is 1. The topological polar surface area (TPSA) is 95.1 Å². The van der Waals surface area contributed by atoms with Crippen LogP contribution in [0.25, 0.3) is 10.9 Å². The van der Waals surface area contributed by atoms with Crippen molar-refractivity contribution in [3.05, 3.63) is 72.3 Å². The Morgan fingerprint density at radius 3 is 3.07 bits per heavy atom. The van der Waals surface area contributed by atoms with Crippen LogP contribution in [0, 0.1) is 0 Å². The van der Waals surface area contributed by atoms with Crippen LogP contribution in [-0.4, -0.2) is 25.7 Å². The van der Waals surface area contributed by atoms with E-state index in [4.69, 9.17) is 9.15 Å². The molecule has 3 heterocycles. The summed E-state index contributed by atoms with van der Waals surface area (Å²) in [4.78, 5) is 20.8. The number of aromatic nitrogens is 4. The van der Waals surface area contributed by atoms with Gasteiger partial charge in [-0.25, -0.2) is 4.98 Å². The average molecular weight is 377 g/mol. The number of rotatable bonds is 6. The second-order valence-electron chi connectivity index (χ2n) is 6.42. The lowest BCUT2D eigenvalue weighted by Crippen LogP contribution is -2.26. The quantitative estimate of drug-likeness (QED) is 0.555. The molecular formula is C20H19N5O3. The van der Waals surface area contributed by atoms with Crippen LogP contribution in [0.3, 0.4) is 0 Å². The Hall–Kier alpha value is -3.68. The van der Waals surface area contributed by atoms with Crippen molar-refractivity contribution in [3.8, 4) is 5.75 Å². The van der Waals surface area contributed by atoms with Crippen LogP contribution >= 0.6 is 0 Å². The molecule has 4 aromatic rings. The zero-order valence-electron chi connectivity index (χ0n) is 15.5. The van der Waals surface area contributed by atoms with Gasteiger partial charge < -0.3 is 14.5 Å². The molecule has 4 rings (SSSR count). The molecule has 0 spiro atoms. The Labute approximate surface area is 161 Å². The van der Waals surface area contributed by atoms with Crippen molar-refractivity contribution < 1.29 is 13.9 Å². The number of carbonyl (C=O) groups excluding carboxylic acids is 1. The summed E-state index contributed by atoms with van der Waals surface area (Å²) >= 11 is 0. The molecule has 8 nitrogen and oxygen atoms in total. The molecule has 0 saturated carbocycles. The highest BCUT2D eigenvalue weighted by atomic mass is 16.5. The minimum Gasteiger partial charge on any atom is -0.484 e. The van der Waals surface area contributed by atoms with E-state index >= 15 is 0 Å². The molecule has 1 aromatic carbocycles. The molecule has 1 atom stereocenters. The molecule has 0 bridgehead atoms. The maximum atomic E-state index is 12.4. The first-order valence-corrected chi connectivity index (χ1v) is 8.80. The highest BCUT2D eigenvalue weighted by molar-refractivity contribution is 5.92. The molecule has 0 unspecified atom stereocenters. The number of fused-ring (bicyclic) bond motifs is 1. The number of aryl methyl sites for hydroxylation is 1. The fraction of sp³-hybridized carbons (Fsp3) is 0.200. The number of ether oxygens (including phenoxy) is 1. The van der Waals surface area contributed by atoms with Crippen LogP contribution < -0.4 is 10.1 Å². The molecule has 0 fully saturated rings. The van der Waals surface area contributed by atoms with Crippen LogP contribution in [0.4, 0.5) is 0 Å². The Morgan fingerprint density at radius 2 is 2.25 bits per heavy atom. The highest BCUT2D eigenvalue weighted by Gasteiger charge is 2.16. The van der Waals surface area contributed by atoms with Crippen LogP contribution in [-0.2, 0) is 13.7 Å². The first-order valence-electron chi connectivity index (χ1n) is 8.80. The van der Waals surface area contributed by atoms with Crippen LogP contribution in [0.5, 0.6) is 5.75 Å². The third kappa shape index (κ3) is 3.85. The Kier molecular flexibility index (Phi) is 4.76. The fourth-order valence-electron chi connectivity index (χ4n) is 2.79. The molecule has 0 aliphatic heterocycles. The second-order valence-corrected chi connectivity index (χ2v) is 6.42. The van der Waals surface area contributed by atoms with Crippen molar-refractivity contribution in [2.75, 3.05) is 0 Å². The van der Waals surface area contributed by atoms with Crippen molar-refractivity contribution in [1.29, 1.82) is 0 Å². The average Bonchev–Trinajstić information content (AvgIpc) is 3.35. The number of carbonyl (C=O) groups is 1. The second kappa shape index (κ2) is 7.51. The Balaban J connectivity index is 1.37. The van der Waals surface area contributed by atoms with Crippen molar-refractivity contribution >= 4 is 16.8 Å². The summed E-state index contributed by atoms with van der Waals surface area (Å²) in [6.07, 6.45) is 6.64. The summed E-state index contributed by atoms with van der Waals surface area (Å²) in [6, 6.07) is 9.27. The lowest BCUT2D eigenvalue weighted by molar-refractivity contribution is 0.0934. The lowest BCUT2D eigenvalue weighted by atomic mass is 10.2. The summed E-state index contributed by atoms with van der Waals surface area (Å²) in [6.45, 7) is 2.00. The van der Waals surface area contributed by atoms with Crippen LogP contribution in [0.15, 0.2) is 59.6 Å². The van der Waals surface area contributed by atoms with E-state index in [9.17, 15) is 4.79 Å².